The zero-order chi connectivity index (χ0) is 21.7. The van der Waals surface area contributed by atoms with Crippen LogP contribution in [-0.4, -0.2) is 11.9 Å². The first-order chi connectivity index (χ1) is 14.4. The minimum absolute atomic E-state index is 0.116. The standard InChI is InChI=1S/C25H19FO4/c1-4-24(27)29-19-10-12-21(16(3)14-19)17-6-8-18(9-7-17)22-13-11-20(15-23(22)26)30-25(28)5-2/h4-15H,1-2H2,3H3. The monoisotopic (exact) mass is 402 g/mol. The van der Waals surface area contributed by atoms with E-state index < -0.39 is 17.8 Å². The number of ether oxygens (including phenoxy) is 2. The van der Waals surface area contributed by atoms with Crippen molar-refractivity contribution in [2.45, 2.75) is 6.92 Å². The van der Waals surface area contributed by atoms with Gasteiger partial charge in [-0.05, 0) is 53.4 Å². The molecule has 3 aromatic rings. The van der Waals surface area contributed by atoms with E-state index in [9.17, 15) is 14.0 Å². The van der Waals surface area contributed by atoms with Gasteiger partial charge in [0.05, 0.1) is 0 Å². The molecule has 0 bridgehead atoms. The van der Waals surface area contributed by atoms with Crippen LogP contribution in [0.15, 0.2) is 86.0 Å². The lowest BCUT2D eigenvalue weighted by molar-refractivity contribution is -0.129. The Morgan fingerprint density at radius 2 is 1.23 bits per heavy atom. The van der Waals surface area contributed by atoms with Crippen LogP contribution in [0.5, 0.6) is 11.5 Å². The molecule has 5 heteroatoms. The minimum Gasteiger partial charge on any atom is -0.423 e. The van der Waals surface area contributed by atoms with E-state index in [2.05, 4.69) is 13.2 Å². The highest BCUT2D eigenvalue weighted by atomic mass is 19.1. The van der Waals surface area contributed by atoms with E-state index >= 15 is 0 Å². The number of hydrogen-bond acceptors (Lipinski definition) is 4. The van der Waals surface area contributed by atoms with Gasteiger partial charge in [0, 0.05) is 23.8 Å². The van der Waals surface area contributed by atoms with Crippen LogP contribution in [0.2, 0.25) is 0 Å². The van der Waals surface area contributed by atoms with E-state index in [1.54, 1.807) is 18.2 Å². The summed E-state index contributed by atoms with van der Waals surface area (Å²) in [6.07, 6.45) is 2.12. The zero-order valence-electron chi connectivity index (χ0n) is 16.4. The first-order valence-corrected chi connectivity index (χ1v) is 9.11. The number of carbonyl (C=O) groups is 2. The Bertz CT molecular complexity index is 1040. The Morgan fingerprint density at radius 1 is 0.767 bits per heavy atom. The van der Waals surface area contributed by atoms with E-state index in [4.69, 9.17) is 9.47 Å². The van der Waals surface area contributed by atoms with Crippen LogP contribution in [0.4, 0.5) is 4.39 Å². The number of halogens is 1. The summed E-state index contributed by atoms with van der Waals surface area (Å²) in [6.45, 7) is 8.60. The summed E-state index contributed by atoms with van der Waals surface area (Å²) in [5.74, 6) is -1.10. The Kier molecular flexibility index (Phi) is 6.23. The molecular weight excluding hydrogens is 383 g/mol. The number of esters is 2. The molecule has 30 heavy (non-hydrogen) atoms. The molecule has 0 atom stereocenters. The second kappa shape index (κ2) is 9.01. The Hall–Kier alpha value is -3.99. The van der Waals surface area contributed by atoms with Gasteiger partial charge < -0.3 is 9.47 Å². The first-order valence-electron chi connectivity index (χ1n) is 9.11. The highest BCUT2D eigenvalue weighted by Gasteiger charge is 2.10. The van der Waals surface area contributed by atoms with Crippen molar-refractivity contribution in [1.82, 2.24) is 0 Å². The first kappa shape index (κ1) is 20.7. The second-order valence-electron chi connectivity index (χ2n) is 6.45. The van der Waals surface area contributed by atoms with E-state index in [1.807, 2.05) is 37.3 Å². The minimum atomic E-state index is -0.646. The van der Waals surface area contributed by atoms with E-state index in [0.717, 1.165) is 34.9 Å². The van der Waals surface area contributed by atoms with Crippen LogP contribution < -0.4 is 9.47 Å². The lowest BCUT2D eigenvalue weighted by Crippen LogP contribution is -2.03. The van der Waals surface area contributed by atoms with Crippen LogP contribution >= 0.6 is 0 Å². The molecule has 150 valence electrons. The third kappa shape index (κ3) is 4.70. The fourth-order valence-corrected chi connectivity index (χ4v) is 2.96. The maximum Gasteiger partial charge on any atom is 0.335 e. The third-order valence-electron chi connectivity index (χ3n) is 4.42. The summed E-state index contributed by atoms with van der Waals surface area (Å²) in [5, 5.41) is 0. The molecule has 3 rings (SSSR count). The van der Waals surface area contributed by atoms with Crippen LogP contribution in [0, 0.1) is 12.7 Å². The molecular formula is C25H19FO4. The fraction of sp³-hybridized carbons (Fsp3) is 0.0400. The zero-order valence-corrected chi connectivity index (χ0v) is 16.4. The van der Waals surface area contributed by atoms with E-state index in [0.29, 0.717) is 16.9 Å². The van der Waals surface area contributed by atoms with Crippen molar-refractivity contribution in [2.75, 3.05) is 0 Å². The molecule has 0 radical (unpaired) electrons. The van der Waals surface area contributed by atoms with Crippen molar-refractivity contribution in [2.24, 2.45) is 0 Å². The average molecular weight is 402 g/mol. The van der Waals surface area contributed by atoms with Gasteiger partial charge in [-0.2, -0.15) is 0 Å². The van der Waals surface area contributed by atoms with Gasteiger partial charge in [0.1, 0.15) is 17.3 Å². The predicted molar refractivity (Wildman–Crippen MR) is 114 cm³/mol. The van der Waals surface area contributed by atoms with Gasteiger partial charge in [-0.15, -0.1) is 0 Å². The van der Waals surface area contributed by atoms with Crippen molar-refractivity contribution in [3.8, 4) is 33.8 Å². The van der Waals surface area contributed by atoms with Gasteiger partial charge in [-0.1, -0.05) is 43.5 Å². The number of hydrogen-bond donors (Lipinski definition) is 0. The normalized spacial score (nSPS) is 10.2. The van der Waals surface area contributed by atoms with Gasteiger partial charge in [0.2, 0.25) is 0 Å². The lowest BCUT2D eigenvalue weighted by Gasteiger charge is -2.10. The highest BCUT2D eigenvalue weighted by molar-refractivity contribution is 5.84. The maximum absolute atomic E-state index is 14.5. The van der Waals surface area contributed by atoms with Gasteiger partial charge in [0.25, 0.3) is 0 Å². The van der Waals surface area contributed by atoms with Crippen LogP contribution in [-0.2, 0) is 9.59 Å². The highest BCUT2D eigenvalue weighted by Crippen LogP contribution is 2.31. The number of rotatable bonds is 6. The van der Waals surface area contributed by atoms with Crippen molar-refractivity contribution >= 4 is 11.9 Å². The molecule has 4 nitrogen and oxygen atoms in total. The van der Waals surface area contributed by atoms with Gasteiger partial charge in [-0.25, -0.2) is 14.0 Å². The Morgan fingerprint density at radius 3 is 1.70 bits per heavy atom. The summed E-state index contributed by atoms with van der Waals surface area (Å²) < 4.78 is 24.6. The van der Waals surface area contributed by atoms with Crippen molar-refractivity contribution in [3.05, 3.63) is 97.4 Å². The van der Waals surface area contributed by atoms with E-state index in [1.165, 1.54) is 6.07 Å². The second-order valence-corrected chi connectivity index (χ2v) is 6.45. The molecule has 0 heterocycles. The van der Waals surface area contributed by atoms with Gasteiger partial charge in [0.15, 0.2) is 0 Å². The summed E-state index contributed by atoms with van der Waals surface area (Å²) in [4.78, 5) is 22.6. The SMILES string of the molecule is C=CC(=O)Oc1ccc(-c2ccc(-c3ccc(OC(=O)C=C)cc3F)cc2)c(C)c1. The molecule has 0 aromatic heterocycles. The molecule has 0 aliphatic rings. The molecule has 3 aromatic carbocycles. The largest absolute Gasteiger partial charge is 0.423 e. The quantitative estimate of drug-likeness (QED) is 0.304. The van der Waals surface area contributed by atoms with Crippen molar-refractivity contribution in [1.29, 1.82) is 0 Å². The summed E-state index contributed by atoms with van der Waals surface area (Å²) >= 11 is 0. The van der Waals surface area contributed by atoms with Gasteiger partial charge >= 0.3 is 11.9 Å². The Labute approximate surface area is 173 Å². The molecule has 0 aliphatic carbocycles. The van der Waals surface area contributed by atoms with Crippen LogP contribution in [0.3, 0.4) is 0 Å². The summed E-state index contributed by atoms with van der Waals surface area (Å²) in [6, 6.07) is 17.0. The maximum atomic E-state index is 14.5. The fourth-order valence-electron chi connectivity index (χ4n) is 2.96. The molecule has 0 N–H and O–H groups in total. The number of benzene rings is 3. The lowest BCUT2D eigenvalue weighted by atomic mass is 9.97. The van der Waals surface area contributed by atoms with Crippen molar-refractivity contribution < 1.29 is 23.5 Å². The molecule has 0 saturated carbocycles. The molecule has 0 fully saturated rings. The number of carbonyl (C=O) groups excluding carboxylic acids is 2. The molecule has 0 amide bonds. The van der Waals surface area contributed by atoms with Crippen LogP contribution in [0.1, 0.15) is 5.56 Å². The summed E-state index contributed by atoms with van der Waals surface area (Å²) in [7, 11) is 0. The summed E-state index contributed by atoms with van der Waals surface area (Å²) in [5.41, 5.74) is 3.91. The topological polar surface area (TPSA) is 52.6 Å². The van der Waals surface area contributed by atoms with Crippen LogP contribution in [0.25, 0.3) is 22.3 Å². The molecule has 0 spiro atoms. The molecule has 0 unspecified atom stereocenters. The van der Waals surface area contributed by atoms with Gasteiger partial charge in [-0.3, -0.25) is 0 Å². The third-order valence-corrected chi connectivity index (χ3v) is 4.42. The predicted octanol–water partition coefficient (Wildman–Crippen LogP) is 5.65. The van der Waals surface area contributed by atoms with Crippen molar-refractivity contribution in [3.63, 3.8) is 0 Å². The Balaban J connectivity index is 1.83. The molecule has 0 saturated heterocycles. The number of aryl methyl sites for hydroxylation is 1. The average Bonchev–Trinajstić information content (AvgIpc) is 2.74. The van der Waals surface area contributed by atoms with E-state index in [-0.39, 0.29) is 5.75 Å². The molecule has 0 aliphatic heterocycles. The smallest absolute Gasteiger partial charge is 0.335 e.